The average Bonchev–Trinajstić information content (AvgIpc) is 2.80. The topological polar surface area (TPSA) is 99.0 Å². The third-order valence-corrected chi connectivity index (χ3v) is 5.01. The lowest BCUT2D eigenvalue weighted by Gasteiger charge is -2.19. The number of ether oxygens (including phenoxy) is 4. The lowest BCUT2D eigenvalue weighted by molar-refractivity contribution is -0.126. The SMILES string of the molecule is CCOc1cc(N=NC(C(C)=O)C(=O)N(Cl)c2ccc(OC)cc2OC)cc(OCC)c1Cl. The van der Waals surface area contributed by atoms with Gasteiger partial charge in [-0.1, -0.05) is 11.6 Å². The van der Waals surface area contributed by atoms with E-state index in [4.69, 9.17) is 42.3 Å². The van der Waals surface area contributed by atoms with Gasteiger partial charge in [0.05, 0.1) is 33.1 Å². The van der Waals surface area contributed by atoms with Crippen LogP contribution < -0.4 is 23.4 Å². The van der Waals surface area contributed by atoms with Crippen molar-refractivity contribution in [2.24, 2.45) is 10.2 Å². The lowest BCUT2D eigenvalue weighted by atomic mass is 10.2. The van der Waals surface area contributed by atoms with Gasteiger partial charge in [-0.3, -0.25) is 9.59 Å². The van der Waals surface area contributed by atoms with E-state index in [-0.39, 0.29) is 22.1 Å². The molecular formula is C22H25Cl2N3O6. The van der Waals surface area contributed by atoms with E-state index >= 15 is 0 Å². The number of rotatable bonds is 11. The number of methoxy groups -OCH3 is 2. The molecule has 2 aromatic carbocycles. The van der Waals surface area contributed by atoms with E-state index in [0.29, 0.717) is 30.5 Å². The molecule has 11 heteroatoms. The number of carbonyl (C=O) groups is 2. The molecule has 1 atom stereocenters. The van der Waals surface area contributed by atoms with Gasteiger partial charge in [0.2, 0.25) is 6.04 Å². The zero-order valence-electron chi connectivity index (χ0n) is 18.9. The fraction of sp³-hybridized carbons (Fsp3) is 0.364. The number of amides is 1. The molecule has 1 unspecified atom stereocenters. The molecule has 33 heavy (non-hydrogen) atoms. The summed E-state index contributed by atoms with van der Waals surface area (Å²) in [6.45, 7) is 5.56. The summed E-state index contributed by atoms with van der Waals surface area (Å²) in [5.41, 5.74) is 0.503. The molecule has 0 bridgehead atoms. The highest BCUT2D eigenvalue weighted by Crippen LogP contribution is 2.39. The summed E-state index contributed by atoms with van der Waals surface area (Å²) in [4.78, 5) is 25.2. The van der Waals surface area contributed by atoms with Crippen LogP contribution in [-0.4, -0.2) is 45.2 Å². The number of anilines is 1. The largest absolute Gasteiger partial charge is 0.497 e. The van der Waals surface area contributed by atoms with Crippen LogP contribution in [0.2, 0.25) is 5.02 Å². The lowest BCUT2D eigenvalue weighted by Crippen LogP contribution is -2.36. The zero-order chi connectivity index (χ0) is 24.5. The second kappa shape index (κ2) is 12.3. The highest BCUT2D eigenvalue weighted by molar-refractivity contribution is 6.39. The number of azo groups is 1. The van der Waals surface area contributed by atoms with E-state index in [9.17, 15) is 9.59 Å². The minimum atomic E-state index is -1.49. The van der Waals surface area contributed by atoms with Gasteiger partial charge in [0, 0.05) is 30.0 Å². The standard InChI is InChI=1S/C22H25Cl2N3O6/c1-6-32-18-10-14(11-19(20(18)23)33-7-2)25-26-21(13(3)28)22(29)27(24)16-9-8-15(30-4)12-17(16)31-5/h8-12,21H,6-7H2,1-5H3. The van der Waals surface area contributed by atoms with Gasteiger partial charge in [0.15, 0.2) is 5.78 Å². The van der Waals surface area contributed by atoms with Gasteiger partial charge < -0.3 is 18.9 Å². The van der Waals surface area contributed by atoms with Gasteiger partial charge in [-0.25, -0.2) is 4.42 Å². The van der Waals surface area contributed by atoms with Crippen molar-refractivity contribution in [3.05, 3.63) is 35.4 Å². The molecule has 0 saturated heterocycles. The summed E-state index contributed by atoms with van der Waals surface area (Å²) in [7, 11) is 2.91. The Morgan fingerprint density at radius 1 is 1.00 bits per heavy atom. The number of hydrogen-bond donors (Lipinski definition) is 0. The Hall–Kier alpha value is -3.04. The zero-order valence-corrected chi connectivity index (χ0v) is 20.4. The van der Waals surface area contributed by atoms with Gasteiger partial charge in [0.25, 0.3) is 5.91 Å². The maximum atomic E-state index is 13.0. The van der Waals surface area contributed by atoms with Crippen LogP contribution in [0.15, 0.2) is 40.6 Å². The van der Waals surface area contributed by atoms with Crippen molar-refractivity contribution in [3.8, 4) is 23.0 Å². The first-order valence-electron chi connectivity index (χ1n) is 9.99. The third-order valence-electron chi connectivity index (χ3n) is 4.29. The molecular weight excluding hydrogens is 473 g/mol. The molecule has 0 spiro atoms. The van der Waals surface area contributed by atoms with Crippen molar-refractivity contribution in [2.75, 3.05) is 31.9 Å². The van der Waals surface area contributed by atoms with E-state index in [1.54, 1.807) is 26.0 Å². The van der Waals surface area contributed by atoms with Gasteiger partial charge >= 0.3 is 0 Å². The van der Waals surface area contributed by atoms with Crippen LogP contribution in [0.3, 0.4) is 0 Å². The Balaban J connectivity index is 2.38. The number of ketones is 1. The summed E-state index contributed by atoms with van der Waals surface area (Å²) in [5.74, 6) is 0.107. The summed E-state index contributed by atoms with van der Waals surface area (Å²) < 4.78 is 22.2. The Morgan fingerprint density at radius 2 is 1.61 bits per heavy atom. The maximum absolute atomic E-state index is 13.0. The molecule has 0 N–H and O–H groups in total. The molecule has 9 nitrogen and oxygen atoms in total. The fourth-order valence-electron chi connectivity index (χ4n) is 2.74. The number of Topliss-reactive ketones (excluding diaryl/α,β-unsaturated/α-hetero) is 1. The molecule has 0 aliphatic carbocycles. The summed E-state index contributed by atoms with van der Waals surface area (Å²) in [5, 5.41) is 8.28. The van der Waals surface area contributed by atoms with E-state index in [0.717, 1.165) is 4.42 Å². The predicted molar refractivity (Wildman–Crippen MR) is 126 cm³/mol. The second-order valence-electron chi connectivity index (χ2n) is 6.51. The van der Waals surface area contributed by atoms with Gasteiger partial charge in [-0.2, -0.15) is 10.2 Å². The summed E-state index contributed by atoms with van der Waals surface area (Å²) in [6.07, 6.45) is 0. The third kappa shape index (κ3) is 6.49. The maximum Gasteiger partial charge on any atom is 0.276 e. The quantitative estimate of drug-likeness (QED) is 0.234. The molecule has 0 aliphatic rings. The molecule has 2 aromatic rings. The second-order valence-corrected chi connectivity index (χ2v) is 7.22. The average molecular weight is 498 g/mol. The summed E-state index contributed by atoms with van der Waals surface area (Å²) in [6, 6.07) is 6.26. The Bertz CT molecular complexity index is 1000. The minimum Gasteiger partial charge on any atom is -0.497 e. The van der Waals surface area contributed by atoms with Crippen molar-refractivity contribution >= 4 is 46.4 Å². The first-order valence-corrected chi connectivity index (χ1v) is 10.7. The van der Waals surface area contributed by atoms with Crippen molar-refractivity contribution in [1.29, 1.82) is 0 Å². The highest BCUT2D eigenvalue weighted by atomic mass is 35.5. The van der Waals surface area contributed by atoms with Crippen molar-refractivity contribution in [1.82, 2.24) is 0 Å². The van der Waals surface area contributed by atoms with E-state index in [2.05, 4.69) is 10.2 Å². The Labute approximate surface area is 202 Å². The summed E-state index contributed by atoms with van der Waals surface area (Å²) >= 11 is 12.5. The number of hydrogen-bond acceptors (Lipinski definition) is 8. The van der Waals surface area contributed by atoms with Crippen LogP contribution in [-0.2, 0) is 9.59 Å². The minimum absolute atomic E-state index is 0.218. The molecule has 0 heterocycles. The van der Waals surface area contributed by atoms with Gasteiger partial charge in [0.1, 0.15) is 33.7 Å². The van der Waals surface area contributed by atoms with E-state index in [1.807, 2.05) is 0 Å². The molecule has 0 aliphatic heterocycles. The Morgan fingerprint density at radius 3 is 2.09 bits per heavy atom. The van der Waals surface area contributed by atoms with Crippen LogP contribution in [0, 0.1) is 0 Å². The fourth-order valence-corrected chi connectivity index (χ4v) is 3.19. The molecule has 178 valence electrons. The van der Waals surface area contributed by atoms with E-state index in [1.165, 1.54) is 39.3 Å². The predicted octanol–water partition coefficient (Wildman–Crippen LogP) is 5.38. The highest BCUT2D eigenvalue weighted by Gasteiger charge is 2.30. The molecule has 1 amide bonds. The Kier molecular flexibility index (Phi) is 9.74. The molecule has 0 saturated carbocycles. The van der Waals surface area contributed by atoms with Crippen molar-refractivity contribution in [3.63, 3.8) is 0 Å². The first-order chi connectivity index (χ1) is 15.8. The van der Waals surface area contributed by atoms with Crippen molar-refractivity contribution in [2.45, 2.75) is 26.8 Å². The van der Waals surface area contributed by atoms with Crippen LogP contribution in [0.25, 0.3) is 0 Å². The molecule has 0 aromatic heterocycles. The normalized spacial score (nSPS) is 11.7. The monoisotopic (exact) mass is 497 g/mol. The molecule has 2 rings (SSSR count). The smallest absolute Gasteiger partial charge is 0.276 e. The van der Waals surface area contributed by atoms with E-state index < -0.39 is 17.7 Å². The van der Waals surface area contributed by atoms with Crippen LogP contribution >= 0.6 is 23.4 Å². The number of benzene rings is 2. The molecule has 0 fully saturated rings. The van der Waals surface area contributed by atoms with Crippen molar-refractivity contribution < 1.29 is 28.5 Å². The van der Waals surface area contributed by atoms with Gasteiger partial charge in [-0.05, 0) is 32.9 Å². The first kappa shape index (κ1) is 26.2. The number of nitrogens with zero attached hydrogens (tertiary/aromatic N) is 3. The van der Waals surface area contributed by atoms with Crippen LogP contribution in [0.1, 0.15) is 20.8 Å². The number of halogens is 2. The van der Waals surface area contributed by atoms with Crippen LogP contribution in [0.4, 0.5) is 11.4 Å². The van der Waals surface area contributed by atoms with Crippen LogP contribution in [0.5, 0.6) is 23.0 Å². The van der Waals surface area contributed by atoms with Gasteiger partial charge in [-0.15, -0.1) is 0 Å². The molecule has 0 radical (unpaired) electrons. The number of carbonyl (C=O) groups excluding carboxylic acids is 2.